The van der Waals surface area contributed by atoms with Crippen molar-refractivity contribution in [2.75, 3.05) is 25.5 Å². The Labute approximate surface area is 168 Å². The fourth-order valence-corrected chi connectivity index (χ4v) is 2.66. The maximum Gasteiger partial charge on any atom is 0.270 e. The first-order chi connectivity index (χ1) is 13.9. The van der Waals surface area contributed by atoms with Gasteiger partial charge in [0.25, 0.3) is 5.69 Å². The Balaban J connectivity index is 2.06. The molecule has 0 spiro atoms. The molecule has 0 aliphatic heterocycles. The zero-order valence-electron chi connectivity index (χ0n) is 16.3. The summed E-state index contributed by atoms with van der Waals surface area (Å²) >= 11 is 0. The summed E-state index contributed by atoms with van der Waals surface area (Å²) < 4.78 is 5.21. The second-order valence-electron chi connectivity index (χ2n) is 6.19. The van der Waals surface area contributed by atoms with E-state index in [1.165, 1.54) is 36.3 Å². The predicted molar refractivity (Wildman–Crippen MR) is 111 cm³/mol. The van der Waals surface area contributed by atoms with Crippen molar-refractivity contribution in [1.29, 1.82) is 0 Å². The minimum Gasteiger partial charge on any atom is -0.495 e. The van der Waals surface area contributed by atoms with Gasteiger partial charge in [-0.2, -0.15) is 0 Å². The van der Waals surface area contributed by atoms with Crippen LogP contribution in [0, 0.1) is 10.1 Å². The van der Waals surface area contributed by atoms with Crippen LogP contribution in [0.2, 0.25) is 0 Å². The molecule has 2 amide bonds. The van der Waals surface area contributed by atoms with Crippen molar-refractivity contribution < 1.29 is 19.2 Å². The summed E-state index contributed by atoms with van der Waals surface area (Å²) in [5, 5.41) is 13.6. The second-order valence-corrected chi connectivity index (χ2v) is 6.19. The van der Waals surface area contributed by atoms with Crippen molar-refractivity contribution in [2.45, 2.75) is 13.3 Å². The molecule has 0 aliphatic carbocycles. The quantitative estimate of drug-likeness (QED) is 0.396. The highest BCUT2D eigenvalue weighted by Crippen LogP contribution is 2.22. The number of carbonyl (C=O) groups is 2. The maximum atomic E-state index is 12.5. The standard InChI is InChI=1S/C21H23N3O5/c1-3-13-23(15-20(25)22-18-9-4-5-10-19(18)29-2)21(26)12-11-16-7-6-8-17(14-16)24(27)28/h4-12,14H,3,13,15H2,1-2H3,(H,22,25)/b12-11-. The third-order valence-electron chi connectivity index (χ3n) is 4.02. The molecule has 0 heterocycles. The van der Waals surface area contributed by atoms with E-state index in [1.807, 2.05) is 6.92 Å². The topological polar surface area (TPSA) is 102 Å². The summed E-state index contributed by atoms with van der Waals surface area (Å²) in [6.45, 7) is 2.18. The highest BCUT2D eigenvalue weighted by Gasteiger charge is 2.15. The number of nitro benzene ring substituents is 1. The van der Waals surface area contributed by atoms with E-state index in [1.54, 1.807) is 36.4 Å². The molecule has 0 saturated heterocycles. The van der Waals surface area contributed by atoms with Crippen LogP contribution in [0.4, 0.5) is 11.4 Å². The van der Waals surface area contributed by atoms with Gasteiger partial charge in [-0.25, -0.2) is 0 Å². The first-order valence-corrected chi connectivity index (χ1v) is 9.09. The molecule has 8 heteroatoms. The number of rotatable bonds is 9. The van der Waals surface area contributed by atoms with Gasteiger partial charge in [-0.1, -0.05) is 31.2 Å². The Morgan fingerprint density at radius 1 is 1.21 bits per heavy atom. The Bertz CT molecular complexity index is 911. The lowest BCUT2D eigenvalue weighted by atomic mass is 10.2. The Morgan fingerprint density at radius 2 is 1.97 bits per heavy atom. The number of nitro groups is 1. The van der Waals surface area contributed by atoms with Crippen LogP contribution in [0.5, 0.6) is 5.75 Å². The van der Waals surface area contributed by atoms with Gasteiger partial charge in [-0.15, -0.1) is 0 Å². The number of nitrogens with zero attached hydrogens (tertiary/aromatic N) is 2. The molecule has 0 radical (unpaired) electrons. The van der Waals surface area contributed by atoms with E-state index < -0.39 is 4.92 Å². The van der Waals surface area contributed by atoms with Crippen molar-refractivity contribution in [3.8, 4) is 5.75 Å². The number of benzene rings is 2. The first kappa shape index (κ1) is 21.6. The van der Waals surface area contributed by atoms with Crippen LogP contribution in [0.25, 0.3) is 6.08 Å². The molecule has 1 N–H and O–H groups in total. The lowest BCUT2D eigenvalue weighted by molar-refractivity contribution is -0.384. The third kappa shape index (κ3) is 6.46. The average Bonchev–Trinajstić information content (AvgIpc) is 2.72. The summed E-state index contributed by atoms with van der Waals surface area (Å²) in [5.74, 6) is -0.173. The molecule has 0 aromatic heterocycles. The van der Waals surface area contributed by atoms with Crippen molar-refractivity contribution in [1.82, 2.24) is 4.90 Å². The molecular formula is C21H23N3O5. The number of hydrogen-bond donors (Lipinski definition) is 1. The predicted octanol–water partition coefficient (Wildman–Crippen LogP) is 3.49. The lowest BCUT2D eigenvalue weighted by Gasteiger charge is -2.20. The van der Waals surface area contributed by atoms with Crippen molar-refractivity contribution in [3.63, 3.8) is 0 Å². The normalized spacial score (nSPS) is 10.6. The van der Waals surface area contributed by atoms with E-state index in [4.69, 9.17) is 4.74 Å². The van der Waals surface area contributed by atoms with Gasteiger partial charge >= 0.3 is 0 Å². The number of para-hydroxylation sites is 2. The van der Waals surface area contributed by atoms with Crippen molar-refractivity contribution in [2.24, 2.45) is 0 Å². The summed E-state index contributed by atoms with van der Waals surface area (Å²) in [7, 11) is 1.51. The molecule has 0 atom stereocenters. The number of anilines is 1. The number of hydrogen-bond acceptors (Lipinski definition) is 5. The molecule has 29 heavy (non-hydrogen) atoms. The Hall–Kier alpha value is -3.68. The number of ether oxygens (including phenoxy) is 1. The molecule has 2 aromatic carbocycles. The number of nitrogens with one attached hydrogen (secondary N) is 1. The molecule has 152 valence electrons. The minimum atomic E-state index is -0.495. The van der Waals surface area contributed by atoms with Crippen molar-refractivity contribution in [3.05, 3.63) is 70.3 Å². The van der Waals surface area contributed by atoms with E-state index in [0.29, 0.717) is 30.0 Å². The van der Waals surface area contributed by atoms with Crippen LogP contribution in [0.1, 0.15) is 18.9 Å². The minimum absolute atomic E-state index is 0.0544. The number of non-ortho nitro benzene ring substituents is 1. The molecule has 0 saturated carbocycles. The molecule has 8 nitrogen and oxygen atoms in total. The zero-order valence-corrected chi connectivity index (χ0v) is 16.3. The van der Waals surface area contributed by atoms with E-state index in [2.05, 4.69) is 5.32 Å². The van der Waals surface area contributed by atoms with Crippen LogP contribution in [-0.4, -0.2) is 41.8 Å². The summed E-state index contributed by atoms with van der Waals surface area (Å²) in [5.41, 5.74) is 1.000. The number of methoxy groups -OCH3 is 1. The van der Waals surface area contributed by atoms with Gasteiger partial charge in [-0.3, -0.25) is 19.7 Å². The smallest absolute Gasteiger partial charge is 0.270 e. The molecule has 0 unspecified atom stereocenters. The van der Waals surface area contributed by atoms with Gasteiger partial charge in [0.05, 0.1) is 17.7 Å². The van der Waals surface area contributed by atoms with Gasteiger partial charge in [0.15, 0.2) is 0 Å². The lowest BCUT2D eigenvalue weighted by Crippen LogP contribution is -2.37. The molecule has 2 rings (SSSR count). The third-order valence-corrected chi connectivity index (χ3v) is 4.02. The van der Waals surface area contributed by atoms with E-state index in [-0.39, 0.29) is 24.0 Å². The van der Waals surface area contributed by atoms with Crippen LogP contribution >= 0.6 is 0 Å². The van der Waals surface area contributed by atoms with Gasteiger partial charge in [0, 0.05) is 24.8 Å². The molecule has 2 aromatic rings. The fourth-order valence-electron chi connectivity index (χ4n) is 2.66. The van der Waals surface area contributed by atoms with Crippen LogP contribution in [-0.2, 0) is 9.59 Å². The monoisotopic (exact) mass is 397 g/mol. The van der Waals surface area contributed by atoms with Crippen LogP contribution < -0.4 is 10.1 Å². The van der Waals surface area contributed by atoms with Gasteiger partial charge in [0.1, 0.15) is 12.3 Å². The average molecular weight is 397 g/mol. The van der Waals surface area contributed by atoms with Crippen LogP contribution in [0.3, 0.4) is 0 Å². The van der Waals surface area contributed by atoms with E-state index in [9.17, 15) is 19.7 Å². The zero-order chi connectivity index (χ0) is 21.2. The van der Waals surface area contributed by atoms with Gasteiger partial charge < -0.3 is 15.0 Å². The second kappa shape index (κ2) is 10.6. The van der Waals surface area contributed by atoms with Crippen LogP contribution in [0.15, 0.2) is 54.6 Å². The summed E-state index contributed by atoms with van der Waals surface area (Å²) in [4.78, 5) is 36.7. The maximum absolute atomic E-state index is 12.5. The molecule has 0 aliphatic rings. The SMILES string of the molecule is CCCN(CC(=O)Nc1ccccc1OC)C(=O)/C=C\c1cccc([N+](=O)[O-])c1. The molecule has 0 bridgehead atoms. The highest BCUT2D eigenvalue weighted by molar-refractivity contribution is 5.98. The first-order valence-electron chi connectivity index (χ1n) is 9.09. The molecular weight excluding hydrogens is 374 g/mol. The summed E-state index contributed by atoms with van der Waals surface area (Å²) in [6.07, 6.45) is 3.49. The largest absolute Gasteiger partial charge is 0.495 e. The Morgan fingerprint density at radius 3 is 2.66 bits per heavy atom. The van der Waals surface area contributed by atoms with Gasteiger partial charge in [0.2, 0.25) is 11.8 Å². The Kier molecular flexibility index (Phi) is 7.90. The van der Waals surface area contributed by atoms with E-state index >= 15 is 0 Å². The van der Waals surface area contributed by atoms with E-state index in [0.717, 1.165) is 0 Å². The molecule has 0 fully saturated rings. The summed E-state index contributed by atoms with van der Waals surface area (Å²) in [6, 6.07) is 13.0. The fraction of sp³-hybridized carbons (Fsp3) is 0.238. The highest BCUT2D eigenvalue weighted by atomic mass is 16.6. The van der Waals surface area contributed by atoms with Gasteiger partial charge in [-0.05, 0) is 30.2 Å². The number of amides is 2. The van der Waals surface area contributed by atoms with Crippen molar-refractivity contribution >= 4 is 29.3 Å². The number of carbonyl (C=O) groups excluding carboxylic acids is 2.